The maximum absolute atomic E-state index is 13.2. The average Bonchev–Trinajstić information content (AvgIpc) is 3.19. The highest BCUT2D eigenvalue weighted by Gasteiger charge is 2.57. The summed E-state index contributed by atoms with van der Waals surface area (Å²) >= 11 is 1.39. The topological polar surface area (TPSA) is 111 Å². The number of rotatable bonds is 7. The van der Waals surface area contributed by atoms with Gasteiger partial charge in [0.15, 0.2) is 5.16 Å². The van der Waals surface area contributed by atoms with Gasteiger partial charge < -0.3 is 14.6 Å². The second-order valence-corrected chi connectivity index (χ2v) is 11.9. The van der Waals surface area contributed by atoms with E-state index in [2.05, 4.69) is 10.3 Å². The Labute approximate surface area is 210 Å². The molecule has 1 aromatic heterocycles. The van der Waals surface area contributed by atoms with Crippen LogP contribution in [0.15, 0.2) is 59.2 Å². The Bertz CT molecular complexity index is 1200. The maximum Gasteiger partial charge on any atom is 0.355 e. The molecule has 0 aliphatic carbocycles. The lowest BCUT2D eigenvalue weighted by atomic mass is 10.0. The van der Waals surface area contributed by atoms with Gasteiger partial charge in [0.05, 0.1) is 23.0 Å². The second-order valence-electron chi connectivity index (χ2n) is 9.39. The van der Waals surface area contributed by atoms with E-state index in [4.69, 9.17) is 4.74 Å². The Kier molecular flexibility index (Phi) is 7.18. The van der Waals surface area contributed by atoms with Gasteiger partial charge in [0.2, 0.25) is 5.91 Å². The van der Waals surface area contributed by atoms with Gasteiger partial charge in [-0.3, -0.25) is 18.7 Å². The predicted octanol–water partition coefficient (Wildman–Crippen LogP) is 1.77. The van der Waals surface area contributed by atoms with E-state index in [1.54, 1.807) is 27.0 Å². The molecule has 2 aliphatic heterocycles. The lowest BCUT2D eigenvalue weighted by Gasteiger charge is -2.49. The van der Waals surface area contributed by atoms with Gasteiger partial charge >= 0.3 is 5.97 Å². The van der Waals surface area contributed by atoms with Gasteiger partial charge in [-0.15, -0.1) is 0 Å². The fourth-order valence-corrected chi connectivity index (χ4v) is 6.68. The molecule has 1 N–H and O–H groups in total. The Morgan fingerprint density at radius 1 is 1.26 bits per heavy atom. The zero-order valence-electron chi connectivity index (χ0n) is 20.0. The predicted molar refractivity (Wildman–Crippen MR) is 133 cm³/mol. The van der Waals surface area contributed by atoms with Gasteiger partial charge in [0, 0.05) is 25.2 Å². The minimum atomic E-state index is -1.50. The van der Waals surface area contributed by atoms with Crippen molar-refractivity contribution in [1.82, 2.24) is 19.8 Å². The molecule has 1 aromatic carbocycles. The van der Waals surface area contributed by atoms with E-state index >= 15 is 0 Å². The van der Waals surface area contributed by atoms with Crippen LogP contribution in [-0.4, -0.2) is 65.0 Å². The van der Waals surface area contributed by atoms with E-state index in [1.165, 1.54) is 16.7 Å². The summed E-state index contributed by atoms with van der Waals surface area (Å²) in [5, 5.41) is 2.63. The Morgan fingerprint density at radius 2 is 1.97 bits per heavy atom. The molecule has 35 heavy (non-hydrogen) atoms. The van der Waals surface area contributed by atoms with Crippen LogP contribution in [0.2, 0.25) is 0 Å². The lowest BCUT2D eigenvalue weighted by Crippen LogP contribution is -2.73. The van der Waals surface area contributed by atoms with Crippen LogP contribution in [0.25, 0.3) is 0 Å². The summed E-state index contributed by atoms with van der Waals surface area (Å²) in [7, 11) is 0.355. The van der Waals surface area contributed by atoms with E-state index in [9.17, 15) is 18.6 Å². The number of benzene rings is 1. The number of hydrogen-bond acceptors (Lipinski definition) is 7. The quantitative estimate of drug-likeness (QED) is 0.339. The van der Waals surface area contributed by atoms with Gasteiger partial charge in [0.25, 0.3) is 5.91 Å². The van der Waals surface area contributed by atoms with Crippen molar-refractivity contribution in [3.63, 3.8) is 0 Å². The first-order valence-electron chi connectivity index (χ1n) is 11.1. The number of hydrogen-bond donors (Lipinski definition) is 1. The molecule has 1 saturated heterocycles. The number of ether oxygens (including phenoxy) is 1. The van der Waals surface area contributed by atoms with Crippen LogP contribution in [0.5, 0.6) is 0 Å². The molecule has 2 aliphatic rings. The van der Waals surface area contributed by atoms with Crippen molar-refractivity contribution in [2.45, 2.75) is 49.4 Å². The third-order valence-corrected chi connectivity index (χ3v) is 8.27. The van der Waals surface area contributed by atoms with Gasteiger partial charge in [-0.05, 0) is 31.9 Å². The summed E-state index contributed by atoms with van der Waals surface area (Å²) in [5.41, 5.74) is 0.709. The van der Waals surface area contributed by atoms with Gasteiger partial charge in [-0.1, -0.05) is 42.1 Å². The number of nitrogens with one attached hydrogen (secondary N) is 1. The molecule has 186 valence electrons. The van der Waals surface area contributed by atoms with Crippen LogP contribution in [-0.2, 0) is 43.4 Å². The van der Waals surface area contributed by atoms with Crippen molar-refractivity contribution in [2.24, 2.45) is 7.05 Å². The molecule has 2 amide bonds. The number of amides is 2. The zero-order valence-corrected chi connectivity index (χ0v) is 21.6. The SMILES string of the molecule is Cn1ccnc1SCC1=C(C(=O)OC(C)(C)C)N2C(=O)C(NC(=O)Cc3ccccc3)[C@@H]2S(=O)C1. The zero-order chi connectivity index (χ0) is 25.3. The summed E-state index contributed by atoms with van der Waals surface area (Å²) in [6.07, 6.45) is 3.58. The van der Waals surface area contributed by atoms with Gasteiger partial charge in [-0.25, -0.2) is 9.78 Å². The minimum Gasteiger partial charge on any atom is -0.455 e. The highest BCUT2D eigenvalue weighted by atomic mass is 32.2. The van der Waals surface area contributed by atoms with Crippen LogP contribution in [0, 0.1) is 0 Å². The summed E-state index contributed by atoms with van der Waals surface area (Å²) in [6, 6.07) is 8.21. The number of aryl methyl sites for hydroxylation is 1. The largest absolute Gasteiger partial charge is 0.455 e. The smallest absolute Gasteiger partial charge is 0.355 e. The number of imidazole rings is 1. The molecule has 4 rings (SSSR count). The molecule has 9 nitrogen and oxygen atoms in total. The number of carbonyl (C=O) groups excluding carboxylic acids is 3. The number of fused-ring (bicyclic) bond motifs is 1. The fraction of sp³-hybridized carbons (Fsp3) is 0.417. The number of β-lactam (4-membered cyclic amide) rings is 1. The first-order chi connectivity index (χ1) is 16.5. The Morgan fingerprint density at radius 3 is 2.60 bits per heavy atom. The normalized spacial score (nSPS) is 21.9. The van der Waals surface area contributed by atoms with Crippen molar-refractivity contribution < 1.29 is 23.3 Å². The fourth-order valence-electron chi connectivity index (χ4n) is 3.93. The van der Waals surface area contributed by atoms with Gasteiger partial charge in [-0.2, -0.15) is 0 Å². The third-order valence-electron chi connectivity index (χ3n) is 5.47. The molecule has 11 heteroatoms. The number of thioether (sulfide) groups is 1. The molecule has 2 aromatic rings. The van der Waals surface area contributed by atoms with E-state index in [-0.39, 0.29) is 23.8 Å². The summed E-state index contributed by atoms with van der Waals surface area (Å²) in [4.78, 5) is 44.4. The van der Waals surface area contributed by atoms with Crippen LogP contribution >= 0.6 is 11.8 Å². The lowest BCUT2D eigenvalue weighted by molar-refractivity contribution is -0.159. The molecular formula is C24H28N4O5S2. The van der Waals surface area contributed by atoms with E-state index in [0.717, 1.165) is 10.7 Å². The third kappa shape index (κ3) is 5.51. The summed E-state index contributed by atoms with van der Waals surface area (Å²) in [5.74, 6) is -1.02. The van der Waals surface area contributed by atoms with Gasteiger partial charge in [0.1, 0.15) is 22.7 Å². The number of carbonyl (C=O) groups is 3. The second kappa shape index (κ2) is 9.98. The molecule has 0 spiro atoms. The van der Waals surface area contributed by atoms with Crippen molar-refractivity contribution in [3.8, 4) is 0 Å². The molecule has 2 unspecified atom stereocenters. The van der Waals surface area contributed by atoms with E-state index in [1.807, 2.05) is 48.1 Å². The number of nitrogens with zero attached hydrogens (tertiary/aromatic N) is 3. The maximum atomic E-state index is 13.2. The highest BCUT2D eigenvalue weighted by molar-refractivity contribution is 7.99. The standard InChI is InChI=1S/C24H28N4O5S2/c1-24(2,3)33-22(31)19-16(13-34-23-25-10-11-27(23)4)14-35(32)21-18(20(30)28(19)21)26-17(29)12-15-8-6-5-7-9-15/h5-11,18,21H,12-14H2,1-4H3,(H,26,29)/t18?,21-,35?/m0/s1. The average molecular weight is 517 g/mol. The first kappa shape index (κ1) is 25.2. The summed E-state index contributed by atoms with van der Waals surface area (Å²) in [6.45, 7) is 5.24. The molecule has 3 heterocycles. The molecule has 1 fully saturated rings. The van der Waals surface area contributed by atoms with Crippen LogP contribution in [0.4, 0.5) is 0 Å². The monoisotopic (exact) mass is 516 g/mol. The van der Waals surface area contributed by atoms with E-state index in [0.29, 0.717) is 11.3 Å². The number of aromatic nitrogens is 2. The first-order valence-corrected chi connectivity index (χ1v) is 13.5. The Hall–Kier alpha value is -2.92. The van der Waals surface area contributed by atoms with Crippen LogP contribution < -0.4 is 5.32 Å². The summed E-state index contributed by atoms with van der Waals surface area (Å²) < 4.78 is 20.6. The Balaban J connectivity index is 1.56. The highest BCUT2D eigenvalue weighted by Crippen LogP contribution is 2.37. The molecule has 0 radical (unpaired) electrons. The van der Waals surface area contributed by atoms with E-state index < -0.39 is 39.7 Å². The van der Waals surface area contributed by atoms with Crippen molar-refractivity contribution in [2.75, 3.05) is 11.5 Å². The minimum absolute atomic E-state index is 0.101. The molecular weight excluding hydrogens is 488 g/mol. The molecule has 0 bridgehead atoms. The number of esters is 1. The van der Waals surface area contributed by atoms with Crippen molar-refractivity contribution in [3.05, 3.63) is 59.6 Å². The van der Waals surface area contributed by atoms with Crippen LogP contribution in [0.1, 0.15) is 26.3 Å². The van der Waals surface area contributed by atoms with Crippen molar-refractivity contribution >= 4 is 40.3 Å². The van der Waals surface area contributed by atoms with Crippen molar-refractivity contribution in [1.29, 1.82) is 0 Å². The van der Waals surface area contributed by atoms with Crippen LogP contribution in [0.3, 0.4) is 0 Å². The molecule has 0 saturated carbocycles. The molecule has 3 atom stereocenters.